The number of nitrogens with zero attached hydrogens (tertiary/aromatic N) is 5. The van der Waals surface area contributed by atoms with Crippen LogP contribution in [0.25, 0.3) is 22.3 Å². The number of fused-ring (bicyclic) bond motifs is 1. The van der Waals surface area contributed by atoms with E-state index in [-0.39, 0.29) is 5.91 Å². The molecule has 0 saturated carbocycles. The van der Waals surface area contributed by atoms with Gasteiger partial charge in [-0.3, -0.25) is 4.79 Å². The van der Waals surface area contributed by atoms with Gasteiger partial charge in [-0.05, 0) is 25.1 Å². The number of hydrogen-bond donors (Lipinski definition) is 0. The molecule has 0 bridgehead atoms. The third kappa shape index (κ3) is 3.91. The van der Waals surface area contributed by atoms with Crippen molar-refractivity contribution < 1.29 is 9.53 Å². The Bertz CT molecular complexity index is 1280. The normalized spacial score (nSPS) is 14.0. The van der Waals surface area contributed by atoms with Gasteiger partial charge < -0.3 is 14.5 Å². The van der Waals surface area contributed by atoms with Crippen LogP contribution in [0.4, 0.5) is 5.69 Å². The van der Waals surface area contributed by atoms with Gasteiger partial charge in [0.05, 0.1) is 35.6 Å². The van der Waals surface area contributed by atoms with Crippen LogP contribution >= 0.6 is 0 Å². The first-order valence-electron chi connectivity index (χ1n) is 11.3. The van der Waals surface area contributed by atoms with Crippen molar-refractivity contribution in [2.24, 2.45) is 0 Å². The average Bonchev–Trinajstić information content (AvgIpc) is 3.31. The number of carbonyl (C=O) groups is 1. The first-order chi connectivity index (χ1) is 16.2. The zero-order chi connectivity index (χ0) is 22.8. The number of aromatic nitrogens is 3. The SMILES string of the molecule is CCn1ncc2c(C(=O)N3CCN(c4ccccc4OC)CC3)cc(-c3ccccc3)nc21. The number of amides is 1. The second-order valence-corrected chi connectivity index (χ2v) is 8.07. The zero-order valence-electron chi connectivity index (χ0n) is 18.9. The molecule has 5 rings (SSSR count). The molecule has 1 fully saturated rings. The predicted molar refractivity (Wildman–Crippen MR) is 130 cm³/mol. The van der Waals surface area contributed by atoms with E-state index in [2.05, 4.69) is 16.1 Å². The first-order valence-corrected chi connectivity index (χ1v) is 11.3. The van der Waals surface area contributed by atoms with Crippen molar-refractivity contribution in [2.75, 3.05) is 38.2 Å². The molecule has 1 aliphatic rings. The van der Waals surface area contributed by atoms with Gasteiger partial charge >= 0.3 is 0 Å². The Morgan fingerprint density at radius 3 is 2.45 bits per heavy atom. The zero-order valence-corrected chi connectivity index (χ0v) is 18.9. The number of rotatable bonds is 5. The summed E-state index contributed by atoms with van der Waals surface area (Å²) in [5.74, 6) is 0.877. The molecule has 1 amide bonds. The molecule has 7 heteroatoms. The maximum atomic E-state index is 13.7. The fraction of sp³-hybridized carbons (Fsp3) is 0.269. The summed E-state index contributed by atoms with van der Waals surface area (Å²) in [5, 5.41) is 5.27. The maximum Gasteiger partial charge on any atom is 0.254 e. The van der Waals surface area contributed by atoms with Crippen LogP contribution in [0, 0.1) is 0 Å². The summed E-state index contributed by atoms with van der Waals surface area (Å²) < 4.78 is 7.37. The average molecular weight is 442 g/mol. The summed E-state index contributed by atoms with van der Waals surface area (Å²) in [6.07, 6.45) is 1.76. The van der Waals surface area contributed by atoms with E-state index in [9.17, 15) is 4.79 Å². The minimum atomic E-state index is 0.0231. The molecule has 168 valence electrons. The number of para-hydroxylation sites is 2. The summed E-state index contributed by atoms with van der Waals surface area (Å²) in [6.45, 7) is 5.51. The standard InChI is InChI=1S/C26H27N5O2/c1-3-31-25-21(18-27-31)20(17-22(28-25)19-9-5-4-6-10-19)26(32)30-15-13-29(14-16-30)23-11-7-8-12-24(23)33-2/h4-12,17-18H,3,13-16H2,1-2H3. The number of benzene rings is 2. The molecule has 0 aliphatic carbocycles. The summed E-state index contributed by atoms with van der Waals surface area (Å²) >= 11 is 0. The van der Waals surface area contributed by atoms with Gasteiger partial charge in [-0.2, -0.15) is 5.10 Å². The number of anilines is 1. The second kappa shape index (κ2) is 8.94. The van der Waals surface area contributed by atoms with E-state index in [1.54, 1.807) is 13.3 Å². The molecule has 3 heterocycles. The van der Waals surface area contributed by atoms with Crippen LogP contribution < -0.4 is 9.64 Å². The van der Waals surface area contributed by atoms with Crippen molar-refractivity contribution in [1.29, 1.82) is 0 Å². The van der Waals surface area contributed by atoms with E-state index in [1.807, 2.05) is 71.1 Å². The molecule has 0 spiro atoms. The van der Waals surface area contributed by atoms with Crippen molar-refractivity contribution in [3.63, 3.8) is 0 Å². The topological polar surface area (TPSA) is 63.5 Å². The van der Waals surface area contributed by atoms with Gasteiger partial charge in [0.25, 0.3) is 5.91 Å². The lowest BCUT2D eigenvalue weighted by atomic mass is 10.1. The lowest BCUT2D eigenvalue weighted by Gasteiger charge is -2.36. The fourth-order valence-electron chi connectivity index (χ4n) is 4.42. The molecule has 0 radical (unpaired) electrons. The number of piperazine rings is 1. The van der Waals surface area contributed by atoms with Crippen LogP contribution in [0.3, 0.4) is 0 Å². The van der Waals surface area contributed by atoms with E-state index < -0.39 is 0 Å². The third-order valence-electron chi connectivity index (χ3n) is 6.20. The van der Waals surface area contributed by atoms with Crippen molar-refractivity contribution in [3.8, 4) is 17.0 Å². The third-order valence-corrected chi connectivity index (χ3v) is 6.20. The molecule has 33 heavy (non-hydrogen) atoms. The first kappa shape index (κ1) is 21.0. The Balaban J connectivity index is 1.45. The highest BCUT2D eigenvalue weighted by Gasteiger charge is 2.26. The summed E-state index contributed by atoms with van der Waals surface area (Å²) in [5.41, 5.74) is 4.24. The lowest BCUT2D eigenvalue weighted by Crippen LogP contribution is -2.49. The molecule has 0 N–H and O–H groups in total. The Labute approximate surface area is 193 Å². The molecular formula is C26H27N5O2. The Morgan fingerprint density at radius 1 is 1.00 bits per heavy atom. The van der Waals surface area contributed by atoms with Crippen molar-refractivity contribution in [2.45, 2.75) is 13.5 Å². The van der Waals surface area contributed by atoms with Gasteiger partial charge in [0.2, 0.25) is 0 Å². The monoisotopic (exact) mass is 441 g/mol. The largest absolute Gasteiger partial charge is 0.495 e. The van der Waals surface area contributed by atoms with Crippen molar-refractivity contribution >= 4 is 22.6 Å². The van der Waals surface area contributed by atoms with E-state index in [0.29, 0.717) is 25.2 Å². The van der Waals surface area contributed by atoms with Crippen LogP contribution in [-0.2, 0) is 6.54 Å². The van der Waals surface area contributed by atoms with Gasteiger partial charge in [-0.15, -0.1) is 0 Å². The highest BCUT2D eigenvalue weighted by Crippen LogP contribution is 2.30. The molecule has 1 aliphatic heterocycles. The molecule has 0 unspecified atom stereocenters. The summed E-state index contributed by atoms with van der Waals surface area (Å²) in [7, 11) is 1.69. The van der Waals surface area contributed by atoms with Crippen molar-refractivity contribution in [1.82, 2.24) is 19.7 Å². The molecule has 1 saturated heterocycles. The van der Waals surface area contributed by atoms with E-state index >= 15 is 0 Å². The van der Waals surface area contributed by atoms with Crippen LogP contribution in [0.1, 0.15) is 17.3 Å². The maximum absolute atomic E-state index is 13.7. The minimum Gasteiger partial charge on any atom is -0.495 e. The highest BCUT2D eigenvalue weighted by molar-refractivity contribution is 6.06. The number of methoxy groups -OCH3 is 1. The molecule has 7 nitrogen and oxygen atoms in total. The number of carbonyl (C=O) groups excluding carboxylic acids is 1. The number of aryl methyl sites for hydroxylation is 1. The predicted octanol–water partition coefficient (Wildman–Crippen LogP) is 4.09. The van der Waals surface area contributed by atoms with E-state index in [1.165, 1.54) is 0 Å². The number of pyridine rings is 1. The van der Waals surface area contributed by atoms with Gasteiger partial charge in [0.1, 0.15) is 5.75 Å². The molecule has 2 aromatic heterocycles. The quantitative estimate of drug-likeness (QED) is 0.467. The van der Waals surface area contributed by atoms with Crippen LogP contribution in [-0.4, -0.2) is 58.9 Å². The Kier molecular flexibility index (Phi) is 5.69. The van der Waals surface area contributed by atoms with Crippen LogP contribution in [0.5, 0.6) is 5.75 Å². The highest BCUT2D eigenvalue weighted by atomic mass is 16.5. The Hall–Kier alpha value is -3.87. The summed E-state index contributed by atoms with van der Waals surface area (Å²) in [6, 6.07) is 19.9. The Morgan fingerprint density at radius 2 is 1.73 bits per heavy atom. The molecule has 0 atom stereocenters. The molecule has 4 aromatic rings. The molecule has 2 aromatic carbocycles. The van der Waals surface area contributed by atoms with Crippen LogP contribution in [0.2, 0.25) is 0 Å². The minimum absolute atomic E-state index is 0.0231. The van der Waals surface area contributed by atoms with Gasteiger partial charge in [0.15, 0.2) is 5.65 Å². The van der Waals surface area contributed by atoms with Gasteiger partial charge in [-0.25, -0.2) is 9.67 Å². The van der Waals surface area contributed by atoms with Gasteiger partial charge in [0, 0.05) is 38.3 Å². The van der Waals surface area contributed by atoms with E-state index in [4.69, 9.17) is 9.72 Å². The molecular weight excluding hydrogens is 414 g/mol. The van der Waals surface area contributed by atoms with E-state index in [0.717, 1.165) is 46.8 Å². The fourth-order valence-corrected chi connectivity index (χ4v) is 4.42. The smallest absolute Gasteiger partial charge is 0.254 e. The number of hydrogen-bond acceptors (Lipinski definition) is 5. The van der Waals surface area contributed by atoms with Crippen LogP contribution in [0.15, 0.2) is 66.9 Å². The summed E-state index contributed by atoms with van der Waals surface area (Å²) in [4.78, 5) is 22.7. The lowest BCUT2D eigenvalue weighted by molar-refractivity contribution is 0.0748. The van der Waals surface area contributed by atoms with Gasteiger partial charge in [-0.1, -0.05) is 42.5 Å². The van der Waals surface area contributed by atoms with Crippen molar-refractivity contribution in [3.05, 3.63) is 72.4 Å². The number of ether oxygens (including phenoxy) is 1. The second-order valence-electron chi connectivity index (χ2n) is 8.07.